The van der Waals surface area contributed by atoms with Crippen molar-refractivity contribution in [3.63, 3.8) is 0 Å². The zero-order chi connectivity index (χ0) is 10.5. The molecule has 2 aliphatic rings. The molecule has 16 heavy (non-hydrogen) atoms. The summed E-state index contributed by atoms with van der Waals surface area (Å²) in [6.45, 7) is 0. The van der Waals surface area contributed by atoms with E-state index in [0.29, 0.717) is 0 Å². The van der Waals surface area contributed by atoms with Crippen molar-refractivity contribution in [3.8, 4) is 0 Å². The number of hydrogen-bond acceptors (Lipinski definition) is 1. The van der Waals surface area contributed by atoms with E-state index in [1.54, 1.807) is 5.56 Å². The van der Waals surface area contributed by atoms with Crippen LogP contribution in [0, 0.1) is 0 Å². The van der Waals surface area contributed by atoms with Crippen LogP contribution in [-0.2, 0) is 0 Å². The molecule has 0 radical (unpaired) electrons. The predicted molar refractivity (Wildman–Crippen MR) is 65.7 cm³/mol. The summed E-state index contributed by atoms with van der Waals surface area (Å²) >= 11 is 0. The Morgan fingerprint density at radius 1 is 0.938 bits per heavy atom. The molecule has 80 valence electrons. The molecule has 1 fully saturated rings. The third-order valence-corrected chi connectivity index (χ3v) is 4.41. The lowest BCUT2D eigenvalue weighted by atomic mass is 9.78. The van der Waals surface area contributed by atoms with Gasteiger partial charge >= 0.3 is 0 Å². The molecule has 1 aromatic heterocycles. The summed E-state index contributed by atoms with van der Waals surface area (Å²) in [6, 6.07) is 6.73. The minimum absolute atomic E-state index is 0.766. The molecule has 1 heterocycles. The topological polar surface area (TPSA) is 12.9 Å². The normalized spacial score (nSPS) is 27.0. The van der Waals surface area contributed by atoms with Crippen LogP contribution >= 0.6 is 0 Å². The first-order chi connectivity index (χ1) is 7.95. The first-order valence-electron chi connectivity index (χ1n) is 6.31. The Morgan fingerprint density at radius 2 is 1.75 bits per heavy atom. The molecule has 4 rings (SSSR count). The van der Waals surface area contributed by atoms with Gasteiger partial charge in [-0.05, 0) is 41.2 Å². The van der Waals surface area contributed by atoms with Gasteiger partial charge in [-0.3, -0.25) is 4.98 Å². The standard InChI is InChI=1S/C15H15N/c1-2-6-12-11(5-1)13-7-3-4-10-8-16-9-14(12)15(10)13/h3-4,7-9,11-12H,1-2,5-6H2. The predicted octanol–water partition coefficient (Wildman–Crippen LogP) is 3.99. The molecule has 2 aliphatic carbocycles. The number of pyridine rings is 1. The van der Waals surface area contributed by atoms with Crippen LogP contribution in [0.3, 0.4) is 0 Å². The van der Waals surface area contributed by atoms with Gasteiger partial charge in [-0.25, -0.2) is 0 Å². The average molecular weight is 209 g/mol. The highest BCUT2D eigenvalue weighted by molar-refractivity contribution is 5.91. The molecule has 1 saturated carbocycles. The van der Waals surface area contributed by atoms with Crippen molar-refractivity contribution in [3.05, 3.63) is 41.7 Å². The fourth-order valence-corrected chi connectivity index (χ4v) is 3.76. The second kappa shape index (κ2) is 3.07. The van der Waals surface area contributed by atoms with E-state index in [9.17, 15) is 0 Å². The van der Waals surface area contributed by atoms with E-state index in [2.05, 4.69) is 29.4 Å². The zero-order valence-electron chi connectivity index (χ0n) is 9.32. The summed E-state index contributed by atoms with van der Waals surface area (Å²) < 4.78 is 0. The second-order valence-corrected chi connectivity index (χ2v) is 5.17. The Hall–Kier alpha value is -1.37. The molecule has 1 aromatic carbocycles. The van der Waals surface area contributed by atoms with Crippen molar-refractivity contribution in [1.82, 2.24) is 4.98 Å². The Labute approximate surface area is 95.5 Å². The molecule has 0 saturated heterocycles. The smallest absolute Gasteiger partial charge is 0.0346 e. The van der Waals surface area contributed by atoms with Crippen molar-refractivity contribution in [1.29, 1.82) is 0 Å². The molecule has 1 nitrogen and oxygen atoms in total. The highest BCUT2D eigenvalue weighted by Crippen LogP contribution is 2.52. The quantitative estimate of drug-likeness (QED) is 0.639. The summed E-state index contributed by atoms with van der Waals surface area (Å²) in [5.41, 5.74) is 3.12. The molecule has 0 amide bonds. The van der Waals surface area contributed by atoms with Crippen LogP contribution in [0.1, 0.15) is 48.6 Å². The van der Waals surface area contributed by atoms with Crippen molar-refractivity contribution >= 4 is 10.8 Å². The van der Waals surface area contributed by atoms with Crippen LogP contribution < -0.4 is 0 Å². The van der Waals surface area contributed by atoms with Crippen molar-refractivity contribution < 1.29 is 0 Å². The minimum atomic E-state index is 0.766. The lowest BCUT2D eigenvalue weighted by molar-refractivity contribution is 0.399. The van der Waals surface area contributed by atoms with Gasteiger partial charge in [0.25, 0.3) is 0 Å². The second-order valence-electron chi connectivity index (χ2n) is 5.17. The monoisotopic (exact) mass is 209 g/mol. The Bertz CT molecular complexity index is 512. The van der Waals surface area contributed by atoms with Crippen LogP contribution in [0.4, 0.5) is 0 Å². The number of benzene rings is 1. The van der Waals surface area contributed by atoms with Gasteiger partial charge in [0.05, 0.1) is 0 Å². The van der Waals surface area contributed by atoms with Gasteiger partial charge in [-0.1, -0.05) is 31.0 Å². The molecule has 0 bridgehead atoms. The van der Waals surface area contributed by atoms with Gasteiger partial charge in [-0.2, -0.15) is 0 Å². The van der Waals surface area contributed by atoms with Crippen LogP contribution in [0.25, 0.3) is 10.8 Å². The Morgan fingerprint density at radius 3 is 2.62 bits per heavy atom. The maximum absolute atomic E-state index is 4.41. The highest BCUT2D eigenvalue weighted by atomic mass is 14.6. The van der Waals surface area contributed by atoms with Crippen LogP contribution in [0.15, 0.2) is 30.6 Å². The van der Waals surface area contributed by atoms with E-state index in [1.165, 1.54) is 42.0 Å². The van der Waals surface area contributed by atoms with Gasteiger partial charge < -0.3 is 0 Å². The van der Waals surface area contributed by atoms with Crippen molar-refractivity contribution in [2.24, 2.45) is 0 Å². The number of rotatable bonds is 0. The molecular formula is C15H15N. The molecule has 1 heteroatoms. The minimum Gasteiger partial charge on any atom is -0.264 e. The largest absolute Gasteiger partial charge is 0.264 e. The van der Waals surface area contributed by atoms with Crippen LogP contribution in [0.5, 0.6) is 0 Å². The third-order valence-electron chi connectivity index (χ3n) is 4.41. The summed E-state index contributed by atoms with van der Waals surface area (Å²) in [5, 5.41) is 2.86. The first-order valence-corrected chi connectivity index (χ1v) is 6.31. The van der Waals surface area contributed by atoms with E-state index in [1.807, 2.05) is 6.20 Å². The number of aromatic nitrogens is 1. The SMILES string of the molecule is c1cc2c3c(cncc3c1)C1CCCCC21. The lowest BCUT2D eigenvalue weighted by Gasteiger charge is -2.26. The number of hydrogen-bond donors (Lipinski definition) is 0. The summed E-state index contributed by atoms with van der Waals surface area (Å²) in [7, 11) is 0. The highest BCUT2D eigenvalue weighted by Gasteiger charge is 2.35. The van der Waals surface area contributed by atoms with Gasteiger partial charge in [0.15, 0.2) is 0 Å². The summed E-state index contributed by atoms with van der Waals surface area (Å²) in [5.74, 6) is 1.55. The lowest BCUT2D eigenvalue weighted by Crippen LogP contribution is -2.10. The van der Waals surface area contributed by atoms with Crippen molar-refractivity contribution in [2.45, 2.75) is 37.5 Å². The van der Waals surface area contributed by atoms with E-state index < -0.39 is 0 Å². The molecular weight excluding hydrogens is 194 g/mol. The van der Waals surface area contributed by atoms with Crippen LogP contribution in [-0.4, -0.2) is 4.98 Å². The number of fused-ring (bicyclic) bond motifs is 3. The summed E-state index contributed by atoms with van der Waals surface area (Å²) in [4.78, 5) is 4.41. The molecule has 0 spiro atoms. The van der Waals surface area contributed by atoms with E-state index in [-0.39, 0.29) is 0 Å². The molecule has 2 aromatic rings. The maximum atomic E-state index is 4.41. The average Bonchev–Trinajstić information content (AvgIpc) is 2.68. The Balaban J connectivity index is 2.07. The third kappa shape index (κ3) is 0.986. The van der Waals surface area contributed by atoms with Gasteiger partial charge in [0, 0.05) is 17.8 Å². The molecule has 2 unspecified atom stereocenters. The summed E-state index contributed by atoms with van der Waals surface area (Å²) in [6.07, 6.45) is 9.66. The molecule has 0 aliphatic heterocycles. The van der Waals surface area contributed by atoms with Crippen molar-refractivity contribution in [2.75, 3.05) is 0 Å². The van der Waals surface area contributed by atoms with E-state index >= 15 is 0 Å². The first kappa shape index (κ1) is 8.74. The zero-order valence-corrected chi connectivity index (χ0v) is 9.32. The van der Waals surface area contributed by atoms with Gasteiger partial charge in [-0.15, -0.1) is 0 Å². The fourth-order valence-electron chi connectivity index (χ4n) is 3.76. The number of nitrogens with zero attached hydrogens (tertiary/aromatic N) is 1. The van der Waals surface area contributed by atoms with Gasteiger partial charge in [0.1, 0.15) is 0 Å². The maximum Gasteiger partial charge on any atom is 0.0346 e. The van der Waals surface area contributed by atoms with E-state index in [0.717, 1.165) is 11.8 Å². The fraction of sp³-hybridized carbons (Fsp3) is 0.400. The van der Waals surface area contributed by atoms with E-state index in [4.69, 9.17) is 0 Å². The molecule has 2 atom stereocenters. The molecule has 0 N–H and O–H groups in total. The van der Waals surface area contributed by atoms with Crippen LogP contribution in [0.2, 0.25) is 0 Å². The van der Waals surface area contributed by atoms with Gasteiger partial charge in [0.2, 0.25) is 0 Å². The Kier molecular flexibility index (Phi) is 1.68.